The van der Waals surface area contributed by atoms with Crippen LogP contribution in [0.5, 0.6) is 0 Å². The Labute approximate surface area is 212 Å². The number of hydrogen-bond acceptors (Lipinski definition) is 15. The fourth-order valence-corrected chi connectivity index (χ4v) is 4.30. The van der Waals surface area contributed by atoms with Crippen molar-refractivity contribution in [2.75, 3.05) is 24.7 Å². The SMILES string of the molecule is Nc1ncnc2c1ncn2[C@@H]1O[C@H](CO)[C@@H](O)[C@H]1F.Nc1ncnc2c1ncn2[C@@H]1O[C@H](CO)[C@@H](O)[C@H]1O. The van der Waals surface area contributed by atoms with Crippen molar-refractivity contribution in [3.63, 3.8) is 0 Å². The maximum atomic E-state index is 14.0. The average Bonchev–Trinajstić information content (AvgIpc) is 3.67. The molecule has 0 amide bonds. The van der Waals surface area contributed by atoms with Crippen LogP contribution in [0.2, 0.25) is 0 Å². The first-order valence-corrected chi connectivity index (χ1v) is 11.3. The van der Waals surface area contributed by atoms with E-state index >= 15 is 0 Å². The summed E-state index contributed by atoms with van der Waals surface area (Å²) in [5.74, 6) is 0.395. The topological polar surface area (TPSA) is 259 Å². The summed E-state index contributed by atoms with van der Waals surface area (Å²) >= 11 is 0. The van der Waals surface area contributed by atoms with E-state index in [1.165, 1.54) is 34.4 Å². The van der Waals surface area contributed by atoms with E-state index in [4.69, 9.17) is 31.2 Å². The maximum Gasteiger partial charge on any atom is 0.173 e. The van der Waals surface area contributed by atoms with Crippen LogP contribution in [0.4, 0.5) is 16.0 Å². The Morgan fingerprint density at radius 3 is 1.66 bits per heavy atom. The number of nitrogens with zero attached hydrogens (tertiary/aromatic N) is 8. The molecule has 0 spiro atoms. The number of ether oxygens (including phenoxy) is 2. The summed E-state index contributed by atoms with van der Waals surface area (Å²) in [7, 11) is 0. The number of aliphatic hydroxyl groups is 5. The first kappa shape index (κ1) is 26.0. The van der Waals surface area contributed by atoms with Crippen molar-refractivity contribution in [3.8, 4) is 0 Å². The molecule has 0 unspecified atom stereocenters. The second kappa shape index (κ2) is 10.3. The summed E-state index contributed by atoms with van der Waals surface area (Å²) in [6.07, 6.45) is -4.04. The van der Waals surface area contributed by atoms with Crippen molar-refractivity contribution in [1.29, 1.82) is 0 Å². The minimum Gasteiger partial charge on any atom is -0.394 e. The summed E-state index contributed by atoms with van der Waals surface area (Å²) in [5, 5.41) is 47.3. The van der Waals surface area contributed by atoms with Gasteiger partial charge in [-0.25, -0.2) is 34.3 Å². The molecule has 9 N–H and O–H groups in total. The smallest absolute Gasteiger partial charge is 0.173 e. The van der Waals surface area contributed by atoms with Crippen molar-refractivity contribution >= 4 is 34.0 Å². The van der Waals surface area contributed by atoms with Crippen LogP contribution in [-0.4, -0.2) is 114 Å². The molecule has 0 bridgehead atoms. The van der Waals surface area contributed by atoms with E-state index in [0.29, 0.717) is 22.3 Å². The molecule has 0 saturated carbocycles. The minimum atomic E-state index is -1.69. The molecule has 0 aromatic carbocycles. The Hall–Kier alpha value is -3.65. The van der Waals surface area contributed by atoms with Crippen LogP contribution < -0.4 is 11.5 Å². The summed E-state index contributed by atoms with van der Waals surface area (Å²) in [4.78, 5) is 23.6. The average molecular weight is 536 g/mol. The van der Waals surface area contributed by atoms with E-state index < -0.39 is 62.4 Å². The van der Waals surface area contributed by atoms with Crippen LogP contribution in [-0.2, 0) is 9.47 Å². The number of aromatic nitrogens is 8. The number of hydrogen-bond donors (Lipinski definition) is 7. The molecule has 2 aliphatic rings. The first-order valence-electron chi connectivity index (χ1n) is 11.3. The molecule has 204 valence electrons. The zero-order valence-corrected chi connectivity index (χ0v) is 19.5. The van der Waals surface area contributed by atoms with E-state index in [9.17, 15) is 19.7 Å². The van der Waals surface area contributed by atoms with Crippen molar-refractivity contribution in [2.45, 2.75) is 49.1 Å². The van der Waals surface area contributed by atoms with Gasteiger partial charge in [-0.15, -0.1) is 0 Å². The van der Waals surface area contributed by atoms with Gasteiger partial charge in [0.05, 0.1) is 25.9 Å². The third-order valence-electron chi connectivity index (χ3n) is 6.31. The molecule has 4 aromatic rings. The van der Waals surface area contributed by atoms with E-state index in [1.807, 2.05) is 0 Å². The lowest BCUT2D eigenvalue weighted by Crippen LogP contribution is -2.33. The number of anilines is 2. The van der Waals surface area contributed by atoms with Crippen LogP contribution in [0.3, 0.4) is 0 Å². The standard InChI is InChI=1S/C10H12FN5O3.C10H13N5O4/c11-5-7(18)4(1-17)19-10(5)16-3-15-6-8(12)13-2-14-9(6)16;11-8-5-9(13-2-12-8)15(3-14-5)10-7(18)6(17)4(1-16)19-10/h2-5,7,10,17-18H,1H2,(H2,12,13,14);2-4,6-7,10,16-18H,1H2,(H2,11,12,13)/t4-,5-,7-,10-;4-,6-,7-,10-/m11/s1. The normalized spacial score (nSPS) is 31.1. The second-order valence-corrected chi connectivity index (χ2v) is 8.58. The van der Waals surface area contributed by atoms with Crippen molar-refractivity contribution in [2.24, 2.45) is 0 Å². The van der Waals surface area contributed by atoms with Gasteiger partial charge in [-0.05, 0) is 0 Å². The Morgan fingerprint density at radius 1 is 0.711 bits per heavy atom. The molecule has 0 radical (unpaired) electrons. The lowest BCUT2D eigenvalue weighted by atomic mass is 10.1. The van der Waals surface area contributed by atoms with E-state index in [0.717, 1.165) is 0 Å². The molecule has 17 nitrogen and oxygen atoms in total. The Kier molecular flexibility index (Phi) is 7.01. The molecule has 6 rings (SSSR count). The maximum absolute atomic E-state index is 14.0. The van der Waals surface area contributed by atoms with Gasteiger partial charge in [0.2, 0.25) is 0 Å². The predicted molar refractivity (Wildman–Crippen MR) is 124 cm³/mol. The predicted octanol–water partition coefficient (Wildman–Crippen LogP) is -2.98. The van der Waals surface area contributed by atoms with Gasteiger partial charge in [0.1, 0.15) is 54.2 Å². The number of nitrogen functional groups attached to an aromatic ring is 2. The summed E-state index contributed by atoms with van der Waals surface area (Å²) < 4.78 is 27.5. The first-order chi connectivity index (χ1) is 18.3. The molecule has 38 heavy (non-hydrogen) atoms. The summed E-state index contributed by atoms with van der Waals surface area (Å²) in [6, 6.07) is 0. The van der Waals surface area contributed by atoms with Crippen LogP contribution in [0.15, 0.2) is 25.3 Å². The zero-order chi connectivity index (χ0) is 27.1. The molecule has 8 atom stereocenters. The van der Waals surface area contributed by atoms with Crippen molar-refractivity contribution in [3.05, 3.63) is 25.3 Å². The number of imidazole rings is 2. The molecular formula is C20H25FN10O7. The molecule has 0 aliphatic carbocycles. The van der Waals surface area contributed by atoms with Gasteiger partial charge in [0.15, 0.2) is 41.6 Å². The highest BCUT2D eigenvalue weighted by Crippen LogP contribution is 2.34. The molecule has 4 aromatic heterocycles. The Morgan fingerprint density at radius 2 is 1.18 bits per heavy atom. The molecular weight excluding hydrogens is 511 g/mol. The third kappa shape index (κ3) is 4.26. The number of nitrogens with two attached hydrogens (primary N) is 2. The van der Waals surface area contributed by atoms with E-state index in [-0.39, 0.29) is 11.6 Å². The largest absolute Gasteiger partial charge is 0.394 e. The highest BCUT2D eigenvalue weighted by Gasteiger charge is 2.46. The highest BCUT2D eigenvalue weighted by atomic mass is 19.1. The van der Waals surface area contributed by atoms with Gasteiger partial charge in [-0.3, -0.25) is 9.13 Å². The van der Waals surface area contributed by atoms with Crippen molar-refractivity contribution in [1.82, 2.24) is 39.0 Å². The van der Waals surface area contributed by atoms with Crippen LogP contribution in [0, 0.1) is 0 Å². The molecule has 2 saturated heterocycles. The summed E-state index contributed by atoms with van der Waals surface area (Å²) in [6.45, 7) is -0.861. The van der Waals surface area contributed by atoms with Gasteiger partial charge in [0, 0.05) is 0 Å². The number of halogens is 1. The van der Waals surface area contributed by atoms with Crippen LogP contribution >= 0.6 is 0 Å². The minimum absolute atomic E-state index is 0.177. The number of alkyl halides is 1. The fourth-order valence-electron chi connectivity index (χ4n) is 4.30. The number of aliphatic hydroxyl groups excluding tert-OH is 5. The second-order valence-electron chi connectivity index (χ2n) is 8.58. The van der Waals surface area contributed by atoms with Gasteiger partial charge in [0.25, 0.3) is 0 Å². The van der Waals surface area contributed by atoms with Gasteiger partial charge >= 0.3 is 0 Å². The molecule has 2 aliphatic heterocycles. The highest BCUT2D eigenvalue weighted by molar-refractivity contribution is 5.81. The van der Waals surface area contributed by atoms with Gasteiger partial charge < -0.3 is 46.5 Å². The van der Waals surface area contributed by atoms with E-state index in [2.05, 4.69) is 29.9 Å². The van der Waals surface area contributed by atoms with Crippen molar-refractivity contribution < 1.29 is 39.4 Å². The monoisotopic (exact) mass is 536 g/mol. The van der Waals surface area contributed by atoms with E-state index in [1.54, 1.807) is 0 Å². The molecule has 18 heteroatoms. The fraction of sp³-hybridized carbons (Fsp3) is 0.500. The zero-order valence-electron chi connectivity index (χ0n) is 19.5. The Balaban J connectivity index is 0.000000155. The number of fused-ring (bicyclic) bond motifs is 2. The molecule has 2 fully saturated rings. The van der Waals surface area contributed by atoms with Gasteiger partial charge in [-0.1, -0.05) is 0 Å². The summed E-state index contributed by atoms with van der Waals surface area (Å²) in [5.41, 5.74) is 12.7. The van der Waals surface area contributed by atoms with Gasteiger partial charge in [-0.2, -0.15) is 0 Å². The number of rotatable bonds is 4. The lowest BCUT2D eigenvalue weighted by Gasteiger charge is -2.16. The quantitative estimate of drug-likeness (QED) is 0.137. The van der Waals surface area contributed by atoms with Crippen LogP contribution in [0.25, 0.3) is 22.3 Å². The van der Waals surface area contributed by atoms with Crippen LogP contribution in [0.1, 0.15) is 12.5 Å². The third-order valence-corrected chi connectivity index (χ3v) is 6.31. The Bertz CT molecular complexity index is 1320. The lowest BCUT2D eigenvalue weighted by molar-refractivity contribution is -0.0511. The molecule has 6 heterocycles.